The quantitative estimate of drug-likeness (QED) is 0.879. The maximum absolute atomic E-state index is 12.7. The standard InChI is InChI=1S/C15H19BrN2O4/c1-8(2)13-15(20)18(7-12(19)17-3)11-6-9(21-4)5-10(16)14(11)22-13/h5-6,8,13H,7H2,1-4H3,(H,17,19). The van der Waals surface area contributed by atoms with Crippen LogP contribution in [0.15, 0.2) is 16.6 Å². The van der Waals surface area contributed by atoms with E-state index < -0.39 is 6.10 Å². The van der Waals surface area contributed by atoms with Gasteiger partial charge in [-0.3, -0.25) is 14.5 Å². The number of likely N-dealkylation sites (N-methyl/N-ethyl adjacent to an activating group) is 1. The van der Waals surface area contributed by atoms with Crippen LogP contribution < -0.4 is 19.7 Å². The van der Waals surface area contributed by atoms with Gasteiger partial charge in [-0.25, -0.2) is 0 Å². The summed E-state index contributed by atoms with van der Waals surface area (Å²) in [6.45, 7) is 3.75. The van der Waals surface area contributed by atoms with Gasteiger partial charge in [0.15, 0.2) is 11.9 Å². The molecular formula is C15H19BrN2O4. The van der Waals surface area contributed by atoms with Crippen molar-refractivity contribution in [3.05, 3.63) is 16.6 Å². The lowest BCUT2D eigenvalue weighted by molar-refractivity contribution is -0.130. The number of benzene rings is 1. The Balaban J connectivity index is 2.53. The summed E-state index contributed by atoms with van der Waals surface area (Å²) in [6, 6.07) is 3.46. The van der Waals surface area contributed by atoms with Crippen molar-refractivity contribution in [3.63, 3.8) is 0 Å². The lowest BCUT2D eigenvalue weighted by atomic mass is 10.0. The third-order valence-electron chi connectivity index (χ3n) is 3.46. The molecule has 22 heavy (non-hydrogen) atoms. The number of hydrogen-bond donors (Lipinski definition) is 1. The fourth-order valence-electron chi connectivity index (χ4n) is 2.25. The Morgan fingerprint density at radius 2 is 2.18 bits per heavy atom. The van der Waals surface area contributed by atoms with Crippen molar-refractivity contribution in [1.82, 2.24) is 5.32 Å². The van der Waals surface area contributed by atoms with E-state index in [1.807, 2.05) is 13.8 Å². The van der Waals surface area contributed by atoms with Gasteiger partial charge in [-0.2, -0.15) is 0 Å². The third-order valence-corrected chi connectivity index (χ3v) is 4.05. The first kappa shape index (κ1) is 16.6. The molecule has 1 aliphatic rings. The predicted molar refractivity (Wildman–Crippen MR) is 86.4 cm³/mol. The zero-order valence-corrected chi connectivity index (χ0v) is 14.6. The number of carbonyl (C=O) groups is 2. The van der Waals surface area contributed by atoms with Crippen LogP contribution in [0.2, 0.25) is 0 Å². The van der Waals surface area contributed by atoms with Gasteiger partial charge in [-0.1, -0.05) is 13.8 Å². The summed E-state index contributed by atoms with van der Waals surface area (Å²) in [4.78, 5) is 25.9. The second kappa shape index (κ2) is 6.56. The van der Waals surface area contributed by atoms with Crippen LogP contribution in [-0.2, 0) is 9.59 Å². The van der Waals surface area contributed by atoms with Crippen LogP contribution >= 0.6 is 15.9 Å². The molecule has 0 radical (unpaired) electrons. The number of fused-ring (bicyclic) bond motifs is 1. The third kappa shape index (κ3) is 3.04. The second-order valence-electron chi connectivity index (χ2n) is 5.34. The molecule has 2 rings (SSSR count). The van der Waals surface area contributed by atoms with Crippen LogP contribution in [0.3, 0.4) is 0 Å². The summed E-state index contributed by atoms with van der Waals surface area (Å²) in [7, 11) is 3.08. The molecule has 0 aliphatic carbocycles. The number of methoxy groups -OCH3 is 1. The summed E-state index contributed by atoms with van der Waals surface area (Å²) in [5.41, 5.74) is 0.525. The Hall–Kier alpha value is -1.76. The number of carbonyl (C=O) groups excluding carboxylic acids is 2. The molecule has 1 aromatic carbocycles. The second-order valence-corrected chi connectivity index (χ2v) is 6.19. The summed E-state index contributed by atoms with van der Waals surface area (Å²) >= 11 is 3.44. The molecule has 1 atom stereocenters. The van der Waals surface area contributed by atoms with Gasteiger partial charge in [-0.15, -0.1) is 0 Å². The molecule has 6 nitrogen and oxygen atoms in total. The molecule has 1 heterocycles. The first-order valence-electron chi connectivity index (χ1n) is 6.95. The molecule has 7 heteroatoms. The number of ether oxygens (including phenoxy) is 2. The first-order valence-corrected chi connectivity index (χ1v) is 7.74. The molecule has 0 saturated carbocycles. The largest absolute Gasteiger partial charge is 0.497 e. The van der Waals surface area contributed by atoms with E-state index in [1.54, 1.807) is 19.2 Å². The molecule has 0 aromatic heterocycles. The minimum Gasteiger partial charge on any atom is -0.497 e. The highest BCUT2D eigenvalue weighted by Gasteiger charge is 2.38. The normalized spacial score (nSPS) is 17.1. The highest BCUT2D eigenvalue weighted by Crippen LogP contribution is 2.43. The number of halogens is 1. The van der Waals surface area contributed by atoms with Crippen LogP contribution in [0.5, 0.6) is 11.5 Å². The van der Waals surface area contributed by atoms with Gasteiger partial charge in [0.05, 0.1) is 17.3 Å². The van der Waals surface area contributed by atoms with Gasteiger partial charge in [-0.05, 0) is 27.9 Å². The fourth-order valence-corrected chi connectivity index (χ4v) is 2.77. The van der Waals surface area contributed by atoms with Crippen molar-refractivity contribution >= 4 is 33.4 Å². The van der Waals surface area contributed by atoms with E-state index >= 15 is 0 Å². The maximum atomic E-state index is 12.7. The van der Waals surface area contributed by atoms with E-state index in [0.29, 0.717) is 21.7 Å². The monoisotopic (exact) mass is 370 g/mol. The van der Waals surface area contributed by atoms with Gasteiger partial charge in [0.2, 0.25) is 5.91 Å². The number of nitrogens with zero attached hydrogens (tertiary/aromatic N) is 1. The number of rotatable bonds is 4. The average molecular weight is 371 g/mol. The van der Waals surface area contributed by atoms with E-state index in [1.165, 1.54) is 11.9 Å². The van der Waals surface area contributed by atoms with Gasteiger partial charge in [0.1, 0.15) is 12.3 Å². The van der Waals surface area contributed by atoms with Crippen molar-refractivity contribution in [3.8, 4) is 11.5 Å². The predicted octanol–water partition coefficient (Wildman–Crippen LogP) is 1.95. The topological polar surface area (TPSA) is 67.9 Å². The molecular weight excluding hydrogens is 352 g/mol. The van der Waals surface area contributed by atoms with Crippen LogP contribution in [0, 0.1) is 5.92 Å². The molecule has 0 spiro atoms. The molecule has 1 unspecified atom stereocenters. The van der Waals surface area contributed by atoms with Crippen molar-refractivity contribution in [1.29, 1.82) is 0 Å². The van der Waals surface area contributed by atoms with Crippen LogP contribution in [0.4, 0.5) is 5.69 Å². The number of amides is 2. The van der Waals surface area contributed by atoms with Crippen molar-refractivity contribution in [2.24, 2.45) is 5.92 Å². The molecule has 2 amide bonds. The van der Waals surface area contributed by atoms with Crippen molar-refractivity contribution in [2.75, 3.05) is 25.6 Å². The SMILES string of the molecule is CNC(=O)CN1C(=O)C(C(C)C)Oc2c(Br)cc(OC)cc21. The summed E-state index contributed by atoms with van der Waals surface area (Å²) < 4.78 is 11.8. The fraction of sp³-hybridized carbons (Fsp3) is 0.467. The summed E-state index contributed by atoms with van der Waals surface area (Å²) in [6.07, 6.45) is -0.623. The zero-order chi connectivity index (χ0) is 16.4. The molecule has 1 aliphatic heterocycles. The Morgan fingerprint density at radius 1 is 1.50 bits per heavy atom. The lowest BCUT2D eigenvalue weighted by Crippen LogP contribution is -2.51. The van der Waals surface area contributed by atoms with E-state index in [9.17, 15) is 9.59 Å². The smallest absolute Gasteiger partial charge is 0.268 e. The molecule has 1 aromatic rings. The minimum atomic E-state index is -0.623. The highest BCUT2D eigenvalue weighted by molar-refractivity contribution is 9.10. The Labute approximate surface area is 137 Å². The van der Waals surface area contributed by atoms with Gasteiger partial charge >= 0.3 is 0 Å². The van der Waals surface area contributed by atoms with Gasteiger partial charge < -0.3 is 14.8 Å². The van der Waals surface area contributed by atoms with Crippen molar-refractivity contribution < 1.29 is 19.1 Å². The summed E-state index contributed by atoms with van der Waals surface area (Å²) in [5, 5.41) is 2.53. The first-order chi connectivity index (χ1) is 10.4. The lowest BCUT2D eigenvalue weighted by Gasteiger charge is -2.36. The maximum Gasteiger partial charge on any atom is 0.268 e. The Morgan fingerprint density at radius 3 is 2.73 bits per heavy atom. The number of hydrogen-bond acceptors (Lipinski definition) is 4. The molecule has 0 bridgehead atoms. The van der Waals surface area contributed by atoms with Crippen molar-refractivity contribution in [2.45, 2.75) is 20.0 Å². The Bertz CT molecular complexity index is 603. The van der Waals surface area contributed by atoms with Crippen LogP contribution in [0.25, 0.3) is 0 Å². The zero-order valence-electron chi connectivity index (χ0n) is 13.0. The van der Waals surface area contributed by atoms with E-state index in [2.05, 4.69) is 21.2 Å². The van der Waals surface area contributed by atoms with Crippen LogP contribution in [0.1, 0.15) is 13.8 Å². The van der Waals surface area contributed by atoms with E-state index in [0.717, 1.165) is 0 Å². The van der Waals surface area contributed by atoms with Gasteiger partial charge in [0.25, 0.3) is 5.91 Å². The Kier molecular flexibility index (Phi) is 4.95. The molecule has 120 valence electrons. The number of nitrogens with one attached hydrogen (secondary N) is 1. The van der Waals surface area contributed by atoms with Gasteiger partial charge in [0, 0.05) is 13.1 Å². The van der Waals surface area contributed by atoms with E-state index in [4.69, 9.17) is 9.47 Å². The molecule has 1 N–H and O–H groups in total. The van der Waals surface area contributed by atoms with E-state index in [-0.39, 0.29) is 24.3 Å². The summed E-state index contributed by atoms with van der Waals surface area (Å²) in [5.74, 6) is 0.630. The highest BCUT2D eigenvalue weighted by atomic mass is 79.9. The molecule has 0 fully saturated rings. The van der Waals surface area contributed by atoms with Crippen LogP contribution in [-0.4, -0.2) is 38.6 Å². The number of anilines is 1. The molecule has 0 saturated heterocycles. The average Bonchev–Trinajstić information content (AvgIpc) is 2.49. The minimum absolute atomic E-state index is 0.0122.